The molecular formula is C12H25NO. The van der Waals surface area contributed by atoms with Crippen LogP contribution in [0.3, 0.4) is 0 Å². The minimum Gasteiger partial charge on any atom is -0.370 e. The molecule has 0 rings (SSSR count). The molecule has 84 valence electrons. The molecule has 0 heterocycles. The van der Waals surface area contributed by atoms with E-state index in [9.17, 15) is 0 Å². The zero-order valence-electron chi connectivity index (χ0n) is 10.3. The number of ether oxygens (including phenoxy) is 1. The van der Waals surface area contributed by atoms with Gasteiger partial charge in [0.2, 0.25) is 0 Å². The van der Waals surface area contributed by atoms with Gasteiger partial charge in [-0.3, -0.25) is 0 Å². The van der Waals surface area contributed by atoms with Crippen molar-refractivity contribution in [2.24, 2.45) is 0 Å². The lowest BCUT2D eigenvalue weighted by Crippen LogP contribution is -2.30. The third-order valence-electron chi connectivity index (χ3n) is 2.67. The maximum absolute atomic E-state index is 5.86. The van der Waals surface area contributed by atoms with Gasteiger partial charge in [-0.2, -0.15) is 0 Å². The van der Waals surface area contributed by atoms with Crippen molar-refractivity contribution in [3.8, 4) is 0 Å². The SMILES string of the molecule is CC=CC(C)(CC)OCCN(C)CC. The predicted octanol–water partition coefficient (Wildman–Crippen LogP) is 2.70. The Labute approximate surface area is 88.9 Å². The lowest BCUT2D eigenvalue weighted by atomic mass is 10.0. The maximum atomic E-state index is 5.86. The first-order valence-corrected chi connectivity index (χ1v) is 5.54. The Hall–Kier alpha value is -0.340. The topological polar surface area (TPSA) is 12.5 Å². The fourth-order valence-corrected chi connectivity index (χ4v) is 1.21. The second-order valence-electron chi connectivity index (χ2n) is 3.91. The van der Waals surface area contributed by atoms with Gasteiger partial charge >= 0.3 is 0 Å². The molecule has 0 amide bonds. The Morgan fingerprint density at radius 3 is 2.43 bits per heavy atom. The Morgan fingerprint density at radius 2 is 2.00 bits per heavy atom. The summed E-state index contributed by atoms with van der Waals surface area (Å²) in [6, 6.07) is 0. The fourth-order valence-electron chi connectivity index (χ4n) is 1.21. The molecule has 0 fully saturated rings. The van der Waals surface area contributed by atoms with Crippen LogP contribution >= 0.6 is 0 Å². The molecule has 0 radical (unpaired) electrons. The first-order valence-electron chi connectivity index (χ1n) is 5.54. The molecule has 0 aromatic rings. The number of allylic oxidation sites excluding steroid dienone is 1. The average Bonchev–Trinajstić information content (AvgIpc) is 2.18. The van der Waals surface area contributed by atoms with Crippen LogP contribution in [-0.2, 0) is 4.74 Å². The molecule has 1 atom stereocenters. The molecule has 2 heteroatoms. The van der Waals surface area contributed by atoms with Crippen LogP contribution < -0.4 is 0 Å². The van der Waals surface area contributed by atoms with E-state index >= 15 is 0 Å². The number of rotatable bonds is 7. The van der Waals surface area contributed by atoms with E-state index in [1.807, 2.05) is 6.92 Å². The van der Waals surface area contributed by atoms with Crippen molar-refractivity contribution in [3.05, 3.63) is 12.2 Å². The van der Waals surface area contributed by atoms with Crippen LogP contribution in [0.2, 0.25) is 0 Å². The first-order chi connectivity index (χ1) is 6.58. The molecule has 0 aliphatic rings. The average molecular weight is 199 g/mol. The van der Waals surface area contributed by atoms with Crippen LogP contribution in [0.4, 0.5) is 0 Å². The van der Waals surface area contributed by atoms with Crippen LogP contribution in [0.5, 0.6) is 0 Å². The Kier molecular flexibility index (Phi) is 6.85. The number of likely N-dealkylation sites (N-methyl/N-ethyl adjacent to an activating group) is 1. The molecule has 0 saturated carbocycles. The quantitative estimate of drug-likeness (QED) is 0.585. The fraction of sp³-hybridized carbons (Fsp3) is 0.833. The molecule has 14 heavy (non-hydrogen) atoms. The normalized spacial score (nSPS) is 16.4. The van der Waals surface area contributed by atoms with E-state index in [0.29, 0.717) is 0 Å². The molecule has 0 aliphatic carbocycles. The van der Waals surface area contributed by atoms with Crippen molar-refractivity contribution < 1.29 is 4.74 Å². The lowest BCUT2D eigenvalue weighted by Gasteiger charge is -2.26. The van der Waals surface area contributed by atoms with Crippen molar-refractivity contribution in [2.45, 2.75) is 39.7 Å². The third kappa shape index (κ3) is 5.40. The summed E-state index contributed by atoms with van der Waals surface area (Å²) in [5.41, 5.74) is -0.0800. The van der Waals surface area contributed by atoms with E-state index < -0.39 is 0 Å². The van der Waals surface area contributed by atoms with Crippen molar-refractivity contribution in [3.63, 3.8) is 0 Å². The smallest absolute Gasteiger partial charge is 0.0832 e. The van der Waals surface area contributed by atoms with Crippen LogP contribution in [0, 0.1) is 0 Å². The van der Waals surface area contributed by atoms with Gasteiger partial charge in [0.25, 0.3) is 0 Å². The summed E-state index contributed by atoms with van der Waals surface area (Å²) in [5, 5.41) is 0. The second kappa shape index (κ2) is 7.02. The highest BCUT2D eigenvalue weighted by Gasteiger charge is 2.17. The summed E-state index contributed by atoms with van der Waals surface area (Å²) >= 11 is 0. The number of hydrogen-bond acceptors (Lipinski definition) is 2. The first kappa shape index (κ1) is 13.7. The highest BCUT2D eigenvalue weighted by molar-refractivity contribution is 4.97. The summed E-state index contributed by atoms with van der Waals surface area (Å²) < 4.78 is 5.86. The second-order valence-corrected chi connectivity index (χ2v) is 3.91. The monoisotopic (exact) mass is 199 g/mol. The summed E-state index contributed by atoms with van der Waals surface area (Å²) in [5.74, 6) is 0. The lowest BCUT2D eigenvalue weighted by molar-refractivity contribution is -0.00497. The van der Waals surface area contributed by atoms with E-state index in [1.165, 1.54) is 0 Å². The Bertz CT molecular complexity index is 168. The zero-order valence-corrected chi connectivity index (χ0v) is 10.3. The third-order valence-corrected chi connectivity index (χ3v) is 2.67. The molecule has 0 saturated heterocycles. The number of hydrogen-bond donors (Lipinski definition) is 0. The van der Waals surface area contributed by atoms with Crippen molar-refractivity contribution in [2.75, 3.05) is 26.7 Å². The summed E-state index contributed by atoms with van der Waals surface area (Å²) in [4.78, 5) is 2.26. The largest absolute Gasteiger partial charge is 0.370 e. The van der Waals surface area contributed by atoms with Crippen molar-refractivity contribution in [1.82, 2.24) is 4.90 Å². The van der Waals surface area contributed by atoms with Gasteiger partial charge < -0.3 is 9.64 Å². The Balaban J connectivity index is 3.84. The van der Waals surface area contributed by atoms with Crippen LogP contribution in [0.1, 0.15) is 34.1 Å². The van der Waals surface area contributed by atoms with Gasteiger partial charge in [0.15, 0.2) is 0 Å². The van der Waals surface area contributed by atoms with Gasteiger partial charge in [-0.1, -0.05) is 26.0 Å². The molecule has 0 bridgehead atoms. The van der Waals surface area contributed by atoms with Gasteiger partial charge in [-0.15, -0.1) is 0 Å². The van der Waals surface area contributed by atoms with Gasteiger partial charge in [0.1, 0.15) is 0 Å². The van der Waals surface area contributed by atoms with E-state index in [0.717, 1.165) is 26.1 Å². The van der Waals surface area contributed by atoms with E-state index in [4.69, 9.17) is 4.74 Å². The molecule has 0 N–H and O–H groups in total. The summed E-state index contributed by atoms with van der Waals surface area (Å²) in [7, 11) is 2.11. The molecule has 0 aromatic heterocycles. The molecule has 0 aliphatic heterocycles. The van der Waals surface area contributed by atoms with Gasteiger partial charge in [-0.05, 0) is 33.9 Å². The zero-order chi connectivity index (χ0) is 11.0. The molecule has 0 aromatic carbocycles. The predicted molar refractivity (Wildman–Crippen MR) is 62.6 cm³/mol. The molecular weight excluding hydrogens is 174 g/mol. The van der Waals surface area contributed by atoms with Gasteiger partial charge in [-0.25, -0.2) is 0 Å². The Morgan fingerprint density at radius 1 is 1.36 bits per heavy atom. The van der Waals surface area contributed by atoms with Gasteiger partial charge in [0, 0.05) is 6.54 Å². The van der Waals surface area contributed by atoms with Gasteiger partial charge in [0.05, 0.1) is 12.2 Å². The summed E-state index contributed by atoms with van der Waals surface area (Å²) in [6.07, 6.45) is 5.22. The summed E-state index contributed by atoms with van der Waals surface area (Å²) in [6.45, 7) is 11.4. The van der Waals surface area contributed by atoms with E-state index in [2.05, 4.69) is 44.9 Å². The van der Waals surface area contributed by atoms with E-state index in [1.54, 1.807) is 0 Å². The highest BCUT2D eigenvalue weighted by Crippen LogP contribution is 2.16. The van der Waals surface area contributed by atoms with E-state index in [-0.39, 0.29) is 5.60 Å². The number of nitrogens with zero attached hydrogens (tertiary/aromatic N) is 1. The van der Waals surface area contributed by atoms with Crippen molar-refractivity contribution >= 4 is 0 Å². The highest BCUT2D eigenvalue weighted by atomic mass is 16.5. The van der Waals surface area contributed by atoms with Crippen LogP contribution in [0.15, 0.2) is 12.2 Å². The van der Waals surface area contributed by atoms with Crippen LogP contribution in [0.25, 0.3) is 0 Å². The van der Waals surface area contributed by atoms with Crippen LogP contribution in [-0.4, -0.2) is 37.2 Å². The minimum absolute atomic E-state index is 0.0800. The van der Waals surface area contributed by atoms with Crippen molar-refractivity contribution in [1.29, 1.82) is 0 Å². The maximum Gasteiger partial charge on any atom is 0.0832 e. The molecule has 2 nitrogen and oxygen atoms in total. The molecule has 0 spiro atoms. The minimum atomic E-state index is -0.0800. The molecule has 1 unspecified atom stereocenters. The standard InChI is InChI=1S/C12H25NO/c1-6-9-12(4,7-2)14-11-10-13(5)8-3/h6,9H,7-8,10-11H2,1-5H3.